The molecule has 0 bridgehead atoms. The lowest BCUT2D eigenvalue weighted by Gasteiger charge is -2.08. The van der Waals surface area contributed by atoms with Crippen LogP contribution in [0.2, 0.25) is 0 Å². The first-order valence-electron chi connectivity index (χ1n) is 7.02. The van der Waals surface area contributed by atoms with E-state index in [1.807, 2.05) is 24.5 Å². The molecule has 2 heterocycles. The topological polar surface area (TPSA) is 62.8 Å². The van der Waals surface area contributed by atoms with Gasteiger partial charge in [-0.15, -0.1) is 0 Å². The standard InChI is InChI=1S/C15H22N4O/c1-12(2)20-8-4-7-17-10-14-11-18-19-15(14)13-5-3-6-16-9-13/h3,5-6,9,11-12,17H,4,7-8,10H2,1-2H3,(H,18,19). The summed E-state index contributed by atoms with van der Waals surface area (Å²) in [5.41, 5.74) is 3.25. The van der Waals surface area contributed by atoms with Crippen molar-refractivity contribution in [3.63, 3.8) is 0 Å². The Labute approximate surface area is 119 Å². The SMILES string of the molecule is CC(C)OCCCNCc1cn[nH]c1-c1cccnc1. The molecule has 0 saturated heterocycles. The fraction of sp³-hybridized carbons (Fsp3) is 0.467. The Kier molecular flexibility index (Phi) is 5.70. The van der Waals surface area contributed by atoms with E-state index in [1.165, 1.54) is 0 Å². The van der Waals surface area contributed by atoms with Crippen LogP contribution in [-0.4, -0.2) is 34.4 Å². The highest BCUT2D eigenvalue weighted by Gasteiger charge is 2.06. The van der Waals surface area contributed by atoms with Gasteiger partial charge >= 0.3 is 0 Å². The third-order valence-corrected chi connectivity index (χ3v) is 2.93. The molecule has 2 rings (SSSR count). The molecule has 0 aliphatic heterocycles. The number of aromatic nitrogens is 3. The second kappa shape index (κ2) is 7.77. The van der Waals surface area contributed by atoms with Crippen molar-refractivity contribution in [1.29, 1.82) is 0 Å². The summed E-state index contributed by atoms with van der Waals surface area (Å²) in [5, 5.41) is 10.6. The van der Waals surface area contributed by atoms with Crippen LogP contribution in [0.25, 0.3) is 11.3 Å². The smallest absolute Gasteiger partial charge is 0.0710 e. The minimum atomic E-state index is 0.307. The maximum Gasteiger partial charge on any atom is 0.0710 e. The molecule has 108 valence electrons. The second-order valence-electron chi connectivity index (χ2n) is 4.96. The van der Waals surface area contributed by atoms with E-state index in [1.54, 1.807) is 6.20 Å². The number of pyridine rings is 1. The molecule has 20 heavy (non-hydrogen) atoms. The van der Waals surface area contributed by atoms with E-state index in [2.05, 4.69) is 34.3 Å². The van der Waals surface area contributed by atoms with Crippen LogP contribution >= 0.6 is 0 Å². The van der Waals surface area contributed by atoms with Crippen molar-refractivity contribution in [2.45, 2.75) is 32.9 Å². The quantitative estimate of drug-likeness (QED) is 0.725. The van der Waals surface area contributed by atoms with Crippen LogP contribution in [-0.2, 0) is 11.3 Å². The first-order chi connectivity index (χ1) is 9.77. The number of H-pyrrole nitrogens is 1. The number of rotatable bonds is 8. The van der Waals surface area contributed by atoms with E-state index in [0.717, 1.165) is 42.9 Å². The van der Waals surface area contributed by atoms with Gasteiger partial charge in [-0.3, -0.25) is 10.1 Å². The molecule has 0 aromatic carbocycles. The van der Waals surface area contributed by atoms with Crippen LogP contribution in [0.3, 0.4) is 0 Å². The average molecular weight is 274 g/mol. The number of aromatic amines is 1. The zero-order valence-corrected chi connectivity index (χ0v) is 12.1. The van der Waals surface area contributed by atoms with Gasteiger partial charge in [-0.2, -0.15) is 5.10 Å². The van der Waals surface area contributed by atoms with Crippen LogP contribution in [0.4, 0.5) is 0 Å². The van der Waals surface area contributed by atoms with Crippen molar-refractivity contribution in [1.82, 2.24) is 20.5 Å². The Bertz CT molecular complexity index is 496. The monoisotopic (exact) mass is 274 g/mol. The van der Waals surface area contributed by atoms with Crippen LogP contribution in [0.15, 0.2) is 30.7 Å². The fourth-order valence-corrected chi connectivity index (χ4v) is 1.94. The van der Waals surface area contributed by atoms with E-state index in [-0.39, 0.29) is 0 Å². The number of ether oxygens (including phenoxy) is 1. The maximum absolute atomic E-state index is 5.51. The van der Waals surface area contributed by atoms with Gasteiger partial charge in [0.1, 0.15) is 0 Å². The lowest BCUT2D eigenvalue weighted by Crippen LogP contribution is -2.17. The van der Waals surface area contributed by atoms with Crippen molar-refractivity contribution in [3.8, 4) is 11.3 Å². The predicted molar refractivity (Wildman–Crippen MR) is 79.2 cm³/mol. The third-order valence-electron chi connectivity index (χ3n) is 2.93. The molecule has 5 heteroatoms. The van der Waals surface area contributed by atoms with Crippen LogP contribution in [0, 0.1) is 0 Å². The molecule has 0 unspecified atom stereocenters. The summed E-state index contributed by atoms with van der Waals surface area (Å²) in [6.45, 7) is 6.64. The Balaban J connectivity index is 1.78. The van der Waals surface area contributed by atoms with Gasteiger partial charge in [0.05, 0.1) is 18.0 Å². The zero-order valence-electron chi connectivity index (χ0n) is 12.1. The van der Waals surface area contributed by atoms with Gasteiger partial charge in [0.2, 0.25) is 0 Å². The Hall–Kier alpha value is -1.72. The van der Waals surface area contributed by atoms with Gasteiger partial charge in [0.25, 0.3) is 0 Å². The van der Waals surface area contributed by atoms with E-state index in [9.17, 15) is 0 Å². The van der Waals surface area contributed by atoms with Gasteiger partial charge in [-0.1, -0.05) is 0 Å². The summed E-state index contributed by atoms with van der Waals surface area (Å²) in [6, 6.07) is 3.96. The Morgan fingerprint density at radius 3 is 3.00 bits per heavy atom. The number of nitrogens with zero attached hydrogens (tertiary/aromatic N) is 2. The van der Waals surface area contributed by atoms with Crippen molar-refractivity contribution >= 4 is 0 Å². The van der Waals surface area contributed by atoms with Crippen LogP contribution in [0.1, 0.15) is 25.8 Å². The number of hydrogen-bond donors (Lipinski definition) is 2. The minimum absolute atomic E-state index is 0.307. The zero-order chi connectivity index (χ0) is 14.2. The average Bonchev–Trinajstić information content (AvgIpc) is 2.92. The fourth-order valence-electron chi connectivity index (χ4n) is 1.94. The van der Waals surface area contributed by atoms with E-state index < -0.39 is 0 Å². The molecule has 2 aromatic rings. The highest BCUT2D eigenvalue weighted by atomic mass is 16.5. The van der Waals surface area contributed by atoms with Gasteiger partial charge < -0.3 is 10.1 Å². The molecule has 5 nitrogen and oxygen atoms in total. The van der Waals surface area contributed by atoms with Crippen LogP contribution in [0.5, 0.6) is 0 Å². The normalized spacial score (nSPS) is 11.2. The summed E-state index contributed by atoms with van der Waals surface area (Å²) < 4.78 is 5.51. The molecular formula is C15H22N4O. The van der Waals surface area contributed by atoms with E-state index in [4.69, 9.17) is 4.74 Å². The molecule has 0 saturated carbocycles. The summed E-state index contributed by atoms with van der Waals surface area (Å²) in [5.74, 6) is 0. The predicted octanol–water partition coefficient (Wildman–Crippen LogP) is 2.38. The van der Waals surface area contributed by atoms with Crippen molar-refractivity contribution in [2.24, 2.45) is 0 Å². The van der Waals surface area contributed by atoms with Gasteiger partial charge in [-0.05, 0) is 38.9 Å². The Morgan fingerprint density at radius 1 is 1.35 bits per heavy atom. The van der Waals surface area contributed by atoms with E-state index in [0.29, 0.717) is 6.10 Å². The minimum Gasteiger partial charge on any atom is -0.379 e. The highest BCUT2D eigenvalue weighted by Crippen LogP contribution is 2.19. The Morgan fingerprint density at radius 2 is 2.25 bits per heavy atom. The largest absolute Gasteiger partial charge is 0.379 e. The van der Waals surface area contributed by atoms with Crippen LogP contribution < -0.4 is 5.32 Å². The maximum atomic E-state index is 5.51. The molecule has 2 N–H and O–H groups in total. The first-order valence-corrected chi connectivity index (χ1v) is 7.02. The molecular weight excluding hydrogens is 252 g/mol. The second-order valence-corrected chi connectivity index (χ2v) is 4.96. The molecule has 0 fully saturated rings. The van der Waals surface area contributed by atoms with Crippen molar-refractivity contribution in [3.05, 3.63) is 36.3 Å². The number of hydrogen-bond acceptors (Lipinski definition) is 4. The molecule has 0 amide bonds. The molecule has 2 aromatic heterocycles. The highest BCUT2D eigenvalue weighted by molar-refractivity contribution is 5.61. The van der Waals surface area contributed by atoms with Gasteiger partial charge in [-0.25, -0.2) is 0 Å². The molecule has 0 aliphatic rings. The summed E-state index contributed by atoms with van der Waals surface area (Å²) in [4.78, 5) is 4.13. The van der Waals surface area contributed by atoms with Crippen molar-refractivity contribution in [2.75, 3.05) is 13.2 Å². The van der Waals surface area contributed by atoms with Gasteiger partial charge in [0, 0.05) is 36.7 Å². The summed E-state index contributed by atoms with van der Waals surface area (Å²) in [6.07, 6.45) is 6.79. The summed E-state index contributed by atoms with van der Waals surface area (Å²) >= 11 is 0. The molecule has 0 radical (unpaired) electrons. The lowest BCUT2D eigenvalue weighted by molar-refractivity contribution is 0.0770. The van der Waals surface area contributed by atoms with E-state index >= 15 is 0 Å². The molecule has 0 atom stereocenters. The number of nitrogens with one attached hydrogen (secondary N) is 2. The lowest BCUT2D eigenvalue weighted by atomic mass is 10.1. The van der Waals surface area contributed by atoms with Gasteiger partial charge in [0.15, 0.2) is 0 Å². The first kappa shape index (κ1) is 14.7. The molecule has 0 aliphatic carbocycles. The summed E-state index contributed by atoms with van der Waals surface area (Å²) in [7, 11) is 0. The van der Waals surface area contributed by atoms with Crippen molar-refractivity contribution < 1.29 is 4.74 Å². The third kappa shape index (κ3) is 4.43. The molecule has 0 spiro atoms.